The van der Waals surface area contributed by atoms with Crippen molar-refractivity contribution in [1.82, 2.24) is 0 Å². The van der Waals surface area contributed by atoms with Gasteiger partial charge >= 0.3 is 11.9 Å². The van der Waals surface area contributed by atoms with Crippen LogP contribution in [0.1, 0.15) is 92.9 Å². The highest BCUT2D eigenvalue weighted by Crippen LogP contribution is 2.21. The number of unbranched alkanes of at least 4 members (excludes halogenated alkanes) is 2. The SMILES string of the molecule is CCCCC(CC)C(=O)OCC(C)(C)COC(=O)C(CC)CCCC. The molecular weight excluding hydrogens is 316 g/mol. The van der Waals surface area contributed by atoms with Gasteiger partial charge in [0, 0.05) is 5.41 Å². The Hall–Kier alpha value is -1.06. The molecule has 0 aliphatic heterocycles. The lowest BCUT2D eigenvalue weighted by molar-refractivity contribution is -0.158. The van der Waals surface area contributed by atoms with Gasteiger partial charge in [0.1, 0.15) is 0 Å². The van der Waals surface area contributed by atoms with Crippen LogP contribution in [0.4, 0.5) is 0 Å². The van der Waals surface area contributed by atoms with Gasteiger partial charge < -0.3 is 9.47 Å². The van der Waals surface area contributed by atoms with Crippen LogP contribution < -0.4 is 0 Å². The van der Waals surface area contributed by atoms with E-state index in [0.717, 1.165) is 51.4 Å². The molecule has 0 rings (SSSR count). The number of esters is 2. The average Bonchev–Trinajstić information content (AvgIpc) is 2.59. The van der Waals surface area contributed by atoms with Gasteiger partial charge in [-0.2, -0.15) is 0 Å². The Morgan fingerprint density at radius 3 is 1.40 bits per heavy atom. The summed E-state index contributed by atoms with van der Waals surface area (Å²) in [4.78, 5) is 24.4. The molecule has 0 aromatic carbocycles. The molecule has 0 aromatic heterocycles. The molecule has 0 amide bonds. The lowest BCUT2D eigenvalue weighted by Crippen LogP contribution is -2.31. The zero-order valence-electron chi connectivity index (χ0n) is 17.4. The maximum atomic E-state index is 12.2. The second-order valence-corrected chi connectivity index (χ2v) is 7.87. The van der Waals surface area contributed by atoms with E-state index in [9.17, 15) is 9.59 Å². The van der Waals surface area contributed by atoms with Crippen molar-refractivity contribution in [2.45, 2.75) is 92.9 Å². The van der Waals surface area contributed by atoms with Gasteiger partial charge in [0.05, 0.1) is 25.0 Å². The molecule has 0 N–H and O–H groups in total. The summed E-state index contributed by atoms with van der Waals surface area (Å²) in [6, 6.07) is 0. The van der Waals surface area contributed by atoms with Crippen LogP contribution in [0.5, 0.6) is 0 Å². The van der Waals surface area contributed by atoms with Crippen LogP contribution in [-0.2, 0) is 19.1 Å². The maximum absolute atomic E-state index is 12.2. The highest BCUT2D eigenvalue weighted by Gasteiger charge is 2.27. The molecule has 0 saturated heterocycles. The first kappa shape index (κ1) is 23.9. The summed E-state index contributed by atoms with van der Waals surface area (Å²) in [6.07, 6.45) is 7.65. The Morgan fingerprint density at radius 1 is 0.760 bits per heavy atom. The van der Waals surface area contributed by atoms with Gasteiger partial charge in [-0.05, 0) is 25.7 Å². The van der Waals surface area contributed by atoms with E-state index in [1.165, 1.54) is 0 Å². The minimum absolute atomic E-state index is 0.0168. The lowest BCUT2D eigenvalue weighted by Gasteiger charge is -2.26. The Balaban J connectivity index is 4.34. The minimum atomic E-state index is -0.364. The third-order valence-corrected chi connectivity index (χ3v) is 4.67. The lowest BCUT2D eigenvalue weighted by atomic mass is 9.95. The van der Waals surface area contributed by atoms with Gasteiger partial charge in [0.25, 0.3) is 0 Å². The van der Waals surface area contributed by atoms with Crippen molar-refractivity contribution in [3.8, 4) is 0 Å². The number of carbonyl (C=O) groups excluding carboxylic acids is 2. The first-order valence-corrected chi connectivity index (χ1v) is 10.1. The number of hydrogen-bond acceptors (Lipinski definition) is 4. The predicted molar refractivity (Wildman–Crippen MR) is 102 cm³/mol. The smallest absolute Gasteiger partial charge is 0.308 e. The van der Waals surface area contributed by atoms with Crippen molar-refractivity contribution >= 4 is 11.9 Å². The van der Waals surface area contributed by atoms with E-state index in [1.807, 2.05) is 27.7 Å². The molecule has 25 heavy (non-hydrogen) atoms. The molecule has 0 spiro atoms. The molecule has 0 aliphatic rings. The van der Waals surface area contributed by atoms with Gasteiger partial charge in [-0.15, -0.1) is 0 Å². The average molecular weight is 357 g/mol. The molecule has 4 nitrogen and oxygen atoms in total. The topological polar surface area (TPSA) is 52.6 Å². The summed E-state index contributed by atoms with van der Waals surface area (Å²) in [6.45, 7) is 12.8. The van der Waals surface area contributed by atoms with Crippen molar-refractivity contribution in [2.75, 3.05) is 13.2 Å². The Morgan fingerprint density at radius 2 is 1.12 bits per heavy atom. The van der Waals surface area contributed by atoms with Crippen LogP contribution in [0, 0.1) is 17.3 Å². The highest BCUT2D eigenvalue weighted by atomic mass is 16.5. The van der Waals surface area contributed by atoms with Crippen LogP contribution in [0.2, 0.25) is 0 Å². The van der Waals surface area contributed by atoms with Gasteiger partial charge in [0.2, 0.25) is 0 Å². The monoisotopic (exact) mass is 356 g/mol. The summed E-state index contributed by atoms with van der Waals surface area (Å²) < 4.78 is 11.0. The first-order chi connectivity index (χ1) is 11.8. The molecule has 2 unspecified atom stereocenters. The number of rotatable bonds is 14. The van der Waals surface area contributed by atoms with E-state index in [2.05, 4.69) is 13.8 Å². The van der Waals surface area contributed by atoms with Crippen LogP contribution in [0.25, 0.3) is 0 Å². The zero-order chi connectivity index (χ0) is 19.3. The van der Waals surface area contributed by atoms with Gasteiger partial charge in [0.15, 0.2) is 0 Å². The minimum Gasteiger partial charge on any atom is -0.465 e. The third-order valence-electron chi connectivity index (χ3n) is 4.67. The second-order valence-electron chi connectivity index (χ2n) is 7.87. The maximum Gasteiger partial charge on any atom is 0.308 e. The fourth-order valence-corrected chi connectivity index (χ4v) is 2.69. The van der Waals surface area contributed by atoms with Crippen LogP contribution >= 0.6 is 0 Å². The second kappa shape index (κ2) is 13.2. The molecular formula is C21H40O4. The number of ether oxygens (including phenoxy) is 2. The molecule has 0 saturated carbocycles. The van der Waals surface area contributed by atoms with Crippen molar-refractivity contribution < 1.29 is 19.1 Å². The molecule has 0 heterocycles. The summed E-state index contributed by atoms with van der Waals surface area (Å²) in [5, 5.41) is 0. The summed E-state index contributed by atoms with van der Waals surface area (Å²) >= 11 is 0. The van der Waals surface area contributed by atoms with Crippen molar-refractivity contribution in [2.24, 2.45) is 17.3 Å². The van der Waals surface area contributed by atoms with Crippen molar-refractivity contribution in [3.63, 3.8) is 0 Å². The highest BCUT2D eigenvalue weighted by molar-refractivity contribution is 5.73. The predicted octanol–water partition coefficient (Wildman–Crippen LogP) is 5.53. The fraction of sp³-hybridized carbons (Fsp3) is 0.905. The summed E-state index contributed by atoms with van der Waals surface area (Å²) in [5.74, 6) is -0.275. The molecule has 148 valence electrons. The van der Waals surface area contributed by atoms with E-state index < -0.39 is 0 Å². The van der Waals surface area contributed by atoms with E-state index in [1.54, 1.807) is 0 Å². The standard InChI is InChI=1S/C21H40O4/c1-7-11-13-17(9-3)19(22)24-15-21(5,6)16-25-20(23)18(10-4)14-12-8-2/h17-18H,7-16H2,1-6H3. The van der Waals surface area contributed by atoms with E-state index in [0.29, 0.717) is 0 Å². The largest absolute Gasteiger partial charge is 0.465 e. The molecule has 0 aromatic rings. The summed E-state index contributed by atoms with van der Waals surface area (Å²) in [7, 11) is 0. The van der Waals surface area contributed by atoms with Crippen molar-refractivity contribution in [3.05, 3.63) is 0 Å². The number of hydrogen-bond donors (Lipinski definition) is 0. The van der Waals surface area contributed by atoms with Crippen molar-refractivity contribution in [1.29, 1.82) is 0 Å². The molecule has 0 bridgehead atoms. The Labute approximate surface area is 155 Å². The Kier molecular flexibility index (Phi) is 12.6. The fourth-order valence-electron chi connectivity index (χ4n) is 2.69. The van der Waals surface area contributed by atoms with Gasteiger partial charge in [-0.1, -0.05) is 67.2 Å². The quantitative estimate of drug-likeness (QED) is 0.384. The normalized spacial score (nSPS) is 14.0. The zero-order valence-corrected chi connectivity index (χ0v) is 17.4. The van der Waals surface area contributed by atoms with Crippen LogP contribution in [0.3, 0.4) is 0 Å². The molecule has 0 aliphatic carbocycles. The third kappa shape index (κ3) is 10.5. The number of carbonyl (C=O) groups is 2. The Bertz CT molecular complexity index is 342. The van der Waals surface area contributed by atoms with E-state index in [-0.39, 0.29) is 42.4 Å². The molecule has 2 atom stereocenters. The van der Waals surface area contributed by atoms with E-state index >= 15 is 0 Å². The van der Waals surface area contributed by atoms with Gasteiger partial charge in [-0.3, -0.25) is 9.59 Å². The molecule has 0 radical (unpaired) electrons. The van der Waals surface area contributed by atoms with E-state index in [4.69, 9.17) is 9.47 Å². The van der Waals surface area contributed by atoms with Crippen LogP contribution in [-0.4, -0.2) is 25.2 Å². The summed E-state index contributed by atoms with van der Waals surface area (Å²) in [5.41, 5.74) is -0.364. The molecule has 0 fully saturated rings. The molecule has 4 heteroatoms. The van der Waals surface area contributed by atoms with Gasteiger partial charge in [-0.25, -0.2) is 0 Å². The van der Waals surface area contributed by atoms with Crippen LogP contribution in [0.15, 0.2) is 0 Å². The first-order valence-electron chi connectivity index (χ1n) is 10.1.